The van der Waals surface area contributed by atoms with E-state index in [0.29, 0.717) is 43.0 Å². The van der Waals surface area contributed by atoms with Gasteiger partial charge in [0.25, 0.3) is 0 Å². The molecule has 1 heterocycles. The summed E-state index contributed by atoms with van der Waals surface area (Å²) in [6.07, 6.45) is 5.98. The van der Waals surface area contributed by atoms with Crippen molar-refractivity contribution in [1.82, 2.24) is 15.0 Å². The number of nitrogens with one attached hydrogen (secondary N) is 2. The minimum absolute atomic E-state index is 0.0425. The van der Waals surface area contributed by atoms with Crippen molar-refractivity contribution in [2.24, 2.45) is 45.3 Å². The van der Waals surface area contributed by atoms with Crippen LogP contribution >= 0.6 is 11.8 Å². The van der Waals surface area contributed by atoms with E-state index in [2.05, 4.69) is 9.97 Å². The first kappa shape index (κ1) is 44.5. The lowest BCUT2D eigenvalue weighted by Gasteiger charge is -2.42. The predicted octanol–water partition coefficient (Wildman–Crippen LogP) is 5.92. The van der Waals surface area contributed by atoms with E-state index in [1.54, 1.807) is 55.4 Å². The summed E-state index contributed by atoms with van der Waals surface area (Å²) in [7, 11) is 0. The number of hydrogen-bond donors (Lipinski definition) is 3. The summed E-state index contributed by atoms with van der Waals surface area (Å²) in [6, 6.07) is 0. The SMILES string of the molecule is CCC(C)(CC(C)(CC(C)(CC(C)(C)C(=O)OC1CC2CC1C1CCCC21)C(=O)OCCOCCCSc1nc(=O)[nH]c(=O)[nH]1)C(=O)O)C(=O)OC(C)(C)C. The Kier molecular flexibility index (Phi) is 14.2. The summed E-state index contributed by atoms with van der Waals surface area (Å²) in [5, 5.41) is 10.9. The number of carboxylic acid groups (broad SMARTS) is 1. The van der Waals surface area contributed by atoms with E-state index in [0.717, 1.165) is 18.8 Å². The number of aliphatic carboxylic acids is 1. The van der Waals surface area contributed by atoms with Gasteiger partial charge in [0.1, 0.15) is 18.3 Å². The fourth-order valence-electron chi connectivity index (χ4n) is 9.61. The quantitative estimate of drug-likeness (QED) is 0.0608. The number of esters is 3. The summed E-state index contributed by atoms with van der Waals surface area (Å²) >= 11 is 1.20. The second-order valence-electron chi connectivity index (χ2n) is 18.6. The summed E-state index contributed by atoms with van der Waals surface area (Å²) in [6.45, 7) is 15.7. The number of carboxylic acids is 1. The number of hydrogen-bond acceptors (Lipinski definition) is 12. The van der Waals surface area contributed by atoms with Gasteiger partial charge in [-0.1, -0.05) is 25.1 Å². The van der Waals surface area contributed by atoms with Gasteiger partial charge in [0, 0.05) is 12.4 Å². The molecule has 0 radical (unpaired) electrons. The van der Waals surface area contributed by atoms with E-state index in [4.69, 9.17) is 18.9 Å². The molecule has 3 saturated carbocycles. The molecule has 1 aromatic heterocycles. The molecule has 3 N–H and O–H groups in total. The molecule has 3 fully saturated rings. The lowest BCUT2D eigenvalue weighted by atomic mass is 9.61. The van der Waals surface area contributed by atoms with Gasteiger partial charge in [0.2, 0.25) is 0 Å². The Hall–Kier alpha value is -3.20. The average Bonchev–Trinajstić information content (AvgIpc) is 3.79. The monoisotopic (exact) mass is 793 g/mol. The van der Waals surface area contributed by atoms with Crippen molar-refractivity contribution in [3.8, 4) is 0 Å². The number of nitrogens with zero attached hydrogens (tertiary/aromatic N) is 1. The lowest BCUT2D eigenvalue weighted by molar-refractivity contribution is -0.175. The van der Waals surface area contributed by atoms with E-state index < -0.39 is 62.5 Å². The topological polar surface area (TPSA) is 204 Å². The number of ether oxygens (including phenoxy) is 4. The molecular formula is C40H63N3O11S. The summed E-state index contributed by atoms with van der Waals surface area (Å²) in [5.74, 6) is 0.0232. The van der Waals surface area contributed by atoms with E-state index >= 15 is 0 Å². The molecule has 8 unspecified atom stereocenters. The molecule has 0 aliphatic heterocycles. The molecule has 1 aromatic rings. The summed E-state index contributed by atoms with van der Waals surface area (Å²) in [4.78, 5) is 85.8. The fraction of sp³-hybridized carbons (Fsp3) is 0.825. The van der Waals surface area contributed by atoms with Crippen molar-refractivity contribution in [2.75, 3.05) is 25.6 Å². The van der Waals surface area contributed by atoms with Gasteiger partial charge in [-0.05, 0) is 137 Å². The third-order valence-corrected chi connectivity index (χ3v) is 13.0. The zero-order valence-corrected chi connectivity index (χ0v) is 35.0. The van der Waals surface area contributed by atoms with Crippen LogP contribution in [0.15, 0.2) is 14.7 Å². The Labute approximate surface area is 328 Å². The van der Waals surface area contributed by atoms with Gasteiger partial charge in [-0.2, -0.15) is 4.98 Å². The van der Waals surface area contributed by atoms with Crippen LogP contribution in [-0.2, 0) is 38.1 Å². The van der Waals surface area contributed by atoms with Crippen LogP contribution in [-0.4, -0.2) is 81.2 Å². The first-order valence-corrected chi connectivity index (χ1v) is 20.8. The lowest BCUT2D eigenvalue weighted by Crippen LogP contribution is -2.47. The van der Waals surface area contributed by atoms with Gasteiger partial charge in [0.05, 0.1) is 28.3 Å². The van der Waals surface area contributed by atoms with Crippen LogP contribution in [0, 0.1) is 45.3 Å². The Morgan fingerprint density at radius 1 is 0.800 bits per heavy atom. The first-order valence-electron chi connectivity index (χ1n) is 19.8. The number of rotatable bonds is 20. The average molecular weight is 794 g/mol. The van der Waals surface area contributed by atoms with E-state index in [1.807, 2.05) is 4.98 Å². The summed E-state index contributed by atoms with van der Waals surface area (Å²) in [5.41, 5.74) is -7.56. The normalized spacial score (nSPS) is 25.3. The van der Waals surface area contributed by atoms with Crippen LogP contribution < -0.4 is 11.4 Å². The van der Waals surface area contributed by atoms with Crippen molar-refractivity contribution in [3.05, 3.63) is 21.0 Å². The largest absolute Gasteiger partial charge is 0.481 e. The van der Waals surface area contributed by atoms with Gasteiger partial charge in [-0.3, -0.25) is 29.1 Å². The highest BCUT2D eigenvalue weighted by Gasteiger charge is 2.57. The number of aromatic nitrogens is 3. The molecule has 14 nitrogen and oxygen atoms in total. The smallest absolute Gasteiger partial charge is 0.351 e. The van der Waals surface area contributed by atoms with Crippen LogP contribution in [0.2, 0.25) is 0 Å². The summed E-state index contributed by atoms with van der Waals surface area (Å²) < 4.78 is 23.4. The molecule has 3 aliphatic carbocycles. The molecule has 8 atom stereocenters. The van der Waals surface area contributed by atoms with Crippen LogP contribution in [0.5, 0.6) is 0 Å². The van der Waals surface area contributed by atoms with Gasteiger partial charge in [-0.25, -0.2) is 9.59 Å². The molecule has 2 bridgehead atoms. The van der Waals surface area contributed by atoms with Gasteiger partial charge >= 0.3 is 35.3 Å². The third-order valence-electron chi connectivity index (χ3n) is 12.0. The maximum atomic E-state index is 14.2. The van der Waals surface area contributed by atoms with Crippen LogP contribution in [0.25, 0.3) is 0 Å². The van der Waals surface area contributed by atoms with Crippen LogP contribution in [0.4, 0.5) is 0 Å². The van der Waals surface area contributed by atoms with Gasteiger partial charge in [-0.15, -0.1) is 0 Å². The predicted molar refractivity (Wildman–Crippen MR) is 205 cm³/mol. The minimum Gasteiger partial charge on any atom is -0.481 e. The molecular weight excluding hydrogens is 731 g/mol. The molecule has 0 spiro atoms. The van der Waals surface area contributed by atoms with E-state index in [9.17, 15) is 33.9 Å². The van der Waals surface area contributed by atoms with Crippen LogP contribution in [0.1, 0.15) is 127 Å². The first-order chi connectivity index (χ1) is 25.5. The standard InChI is InChI=1S/C40H63N3O11S/c1-10-38(7,32(48)54-36(2,3)4)22-39(8,29(44)45)23-40(9,31(47)52-17-16-51-15-12-18-55-35-42-33(49)41-34(50)43-35)21-37(5,6)30(46)53-28-20-24-19-27(28)26-14-11-13-25(24)26/h24-28H,10-23H2,1-9H3,(H,44,45)(H2,41,42,43,49,50). The van der Waals surface area contributed by atoms with Gasteiger partial charge < -0.3 is 24.1 Å². The second-order valence-corrected chi connectivity index (χ2v) is 19.7. The number of H-pyrrole nitrogens is 2. The van der Waals surface area contributed by atoms with Crippen molar-refractivity contribution < 1.29 is 43.2 Å². The van der Waals surface area contributed by atoms with Crippen molar-refractivity contribution in [2.45, 2.75) is 143 Å². The molecule has 3 aliphatic rings. The highest BCUT2D eigenvalue weighted by atomic mass is 32.2. The third kappa shape index (κ3) is 11.2. The Balaban J connectivity index is 1.45. The van der Waals surface area contributed by atoms with E-state index in [1.165, 1.54) is 37.9 Å². The van der Waals surface area contributed by atoms with Crippen molar-refractivity contribution in [3.63, 3.8) is 0 Å². The maximum Gasteiger partial charge on any atom is 0.351 e. The van der Waals surface area contributed by atoms with E-state index in [-0.39, 0.29) is 43.7 Å². The van der Waals surface area contributed by atoms with Crippen LogP contribution in [0.3, 0.4) is 0 Å². The maximum absolute atomic E-state index is 14.2. The molecule has 0 saturated heterocycles. The number of aromatic amines is 2. The molecule has 0 aromatic carbocycles. The Morgan fingerprint density at radius 2 is 1.47 bits per heavy atom. The zero-order chi connectivity index (χ0) is 41.0. The Morgan fingerprint density at radius 3 is 2.11 bits per heavy atom. The Bertz CT molecular complexity index is 1640. The molecule has 15 heteroatoms. The minimum atomic E-state index is -1.59. The highest BCUT2D eigenvalue weighted by Crippen LogP contribution is 2.60. The molecule has 0 amide bonds. The molecule has 310 valence electrons. The molecule has 55 heavy (non-hydrogen) atoms. The number of carbonyl (C=O) groups is 4. The number of carbonyl (C=O) groups excluding carboxylic acids is 3. The van der Waals surface area contributed by atoms with Crippen molar-refractivity contribution >= 4 is 35.6 Å². The fourth-order valence-corrected chi connectivity index (χ4v) is 10.4. The number of thioether (sulfide) groups is 1. The van der Waals surface area contributed by atoms with Crippen molar-refractivity contribution in [1.29, 1.82) is 0 Å². The zero-order valence-electron chi connectivity index (χ0n) is 34.2. The number of fused-ring (bicyclic) bond motifs is 5. The highest BCUT2D eigenvalue weighted by molar-refractivity contribution is 7.99. The molecule has 4 rings (SSSR count). The van der Waals surface area contributed by atoms with Gasteiger partial charge in [0.15, 0.2) is 5.16 Å². The second kappa shape index (κ2) is 17.5.